The molecule has 3 heterocycles. The lowest BCUT2D eigenvalue weighted by atomic mass is 10.2. The molecule has 1 amide bonds. The summed E-state index contributed by atoms with van der Waals surface area (Å²) in [6.45, 7) is 4.14. The predicted octanol–water partition coefficient (Wildman–Crippen LogP) is 2.17. The second-order valence-corrected chi connectivity index (χ2v) is 6.70. The average Bonchev–Trinajstić information content (AvgIpc) is 3.32. The molecule has 1 aliphatic rings. The van der Waals surface area contributed by atoms with Crippen LogP contribution in [0.4, 0.5) is 0 Å². The third-order valence-electron chi connectivity index (χ3n) is 4.89. The molecule has 0 atom stereocenters. The van der Waals surface area contributed by atoms with Crippen molar-refractivity contribution in [2.45, 2.75) is 6.54 Å². The molecule has 0 bridgehead atoms. The van der Waals surface area contributed by atoms with Crippen LogP contribution in [0.15, 0.2) is 61.1 Å². The molecule has 0 unspecified atom stereocenters. The topological polar surface area (TPSA) is 46.3 Å². The summed E-state index contributed by atoms with van der Waals surface area (Å²) in [6, 6.07) is 13.9. The fraction of sp³-hybridized carbons (Fsp3) is 0.300. The Kier molecular flexibility index (Phi) is 4.58. The van der Waals surface area contributed by atoms with Crippen molar-refractivity contribution in [3.8, 4) is 5.69 Å². The van der Waals surface area contributed by atoms with E-state index in [-0.39, 0.29) is 5.91 Å². The number of aryl methyl sites for hydroxylation is 1. The molecule has 4 rings (SSSR count). The number of hydrogen-bond acceptors (Lipinski definition) is 3. The number of carbonyl (C=O) groups is 1. The number of nitrogens with zero attached hydrogens (tertiary/aromatic N) is 5. The highest BCUT2D eigenvalue weighted by Crippen LogP contribution is 2.13. The van der Waals surface area contributed by atoms with Crippen molar-refractivity contribution in [3.05, 3.63) is 72.3 Å². The van der Waals surface area contributed by atoms with Gasteiger partial charge in [0.1, 0.15) is 5.69 Å². The summed E-state index contributed by atoms with van der Waals surface area (Å²) in [6.07, 6.45) is 5.92. The van der Waals surface area contributed by atoms with E-state index in [1.165, 1.54) is 5.56 Å². The van der Waals surface area contributed by atoms with E-state index in [1.807, 2.05) is 76.1 Å². The zero-order chi connectivity index (χ0) is 17.9. The Bertz CT molecular complexity index is 875. The fourth-order valence-corrected chi connectivity index (χ4v) is 3.38. The first-order valence-corrected chi connectivity index (χ1v) is 8.92. The first kappa shape index (κ1) is 16.6. The monoisotopic (exact) mass is 349 g/mol. The van der Waals surface area contributed by atoms with Gasteiger partial charge in [-0.3, -0.25) is 9.69 Å². The number of para-hydroxylation sites is 1. The van der Waals surface area contributed by atoms with Gasteiger partial charge in [0.15, 0.2) is 0 Å². The van der Waals surface area contributed by atoms with Gasteiger partial charge in [0.05, 0.1) is 11.9 Å². The van der Waals surface area contributed by atoms with Gasteiger partial charge >= 0.3 is 0 Å². The van der Waals surface area contributed by atoms with Crippen LogP contribution in [0.2, 0.25) is 0 Å². The molecule has 26 heavy (non-hydrogen) atoms. The van der Waals surface area contributed by atoms with Gasteiger partial charge < -0.3 is 9.47 Å². The van der Waals surface area contributed by atoms with E-state index in [0.29, 0.717) is 0 Å². The quantitative estimate of drug-likeness (QED) is 0.725. The lowest BCUT2D eigenvalue weighted by Crippen LogP contribution is -2.48. The number of piperazine rings is 1. The number of hydrogen-bond donors (Lipinski definition) is 0. The summed E-state index contributed by atoms with van der Waals surface area (Å²) in [5.41, 5.74) is 3.01. The maximum absolute atomic E-state index is 12.6. The van der Waals surface area contributed by atoms with Crippen molar-refractivity contribution >= 4 is 5.91 Å². The standard InChI is InChI=1S/C20H23N5O/c1-22-9-5-8-19(22)20(26)24-12-10-23(11-13-24)15-17-14-21-25(16-17)18-6-3-2-4-7-18/h2-9,14,16H,10-13,15H2,1H3. The van der Waals surface area contributed by atoms with Gasteiger partial charge in [0.25, 0.3) is 5.91 Å². The molecule has 3 aromatic rings. The maximum atomic E-state index is 12.6. The SMILES string of the molecule is Cn1cccc1C(=O)N1CCN(Cc2cnn(-c3ccccc3)c2)CC1. The molecule has 2 aromatic heterocycles. The Morgan fingerprint density at radius 3 is 2.50 bits per heavy atom. The Morgan fingerprint density at radius 1 is 1.04 bits per heavy atom. The lowest BCUT2D eigenvalue weighted by Gasteiger charge is -2.34. The molecule has 1 aliphatic heterocycles. The van der Waals surface area contributed by atoms with E-state index < -0.39 is 0 Å². The number of aromatic nitrogens is 3. The number of benzene rings is 1. The summed E-state index contributed by atoms with van der Waals surface area (Å²) in [4.78, 5) is 16.9. The summed E-state index contributed by atoms with van der Waals surface area (Å²) in [5.74, 6) is 0.119. The van der Waals surface area contributed by atoms with Crippen molar-refractivity contribution in [2.75, 3.05) is 26.2 Å². The van der Waals surface area contributed by atoms with Crippen molar-refractivity contribution in [1.82, 2.24) is 24.1 Å². The van der Waals surface area contributed by atoms with E-state index >= 15 is 0 Å². The van der Waals surface area contributed by atoms with Gasteiger partial charge in [-0.05, 0) is 24.3 Å². The van der Waals surface area contributed by atoms with Gasteiger partial charge in [-0.2, -0.15) is 5.10 Å². The largest absolute Gasteiger partial charge is 0.347 e. The Labute approximate surface area is 153 Å². The highest BCUT2D eigenvalue weighted by Gasteiger charge is 2.23. The summed E-state index contributed by atoms with van der Waals surface area (Å²) in [7, 11) is 1.91. The maximum Gasteiger partial charge on any atom is 0.270 e. The first-order chi connectivity index (χ1) is 12.7. The Balaban J connectivity index is 1.34. The van der Waals surface area contributed by atoms with Crippen molar-refractivity contribution < 1.29 is 4.79 Å². The van der Waals surface area contributed by atoms with Crippen LogP contribution in [0.5, 0.6) is 0 Å². The Hall–Kier alpha value is -2.86. The van der Waals surface area contributed by atoms with E-state index in [4.69, 9.17) is 0 Å². The normalized spacial score (nSPS) is 15.3. The van der Waals surface area contributed by atoms with Gasteiger partial charge in [-0.15, -0.1) is 0 Å². The highest BCUT2D eigenvalue weighted by molar-refractivity contribution is 5.92. The van der Waals surface area contributed by atoms with E-state index in [1.54, 1.807) is 0 Å². The Morgan fingerprint density at radius 2 is 1.81 bits per heavy atom. The molecule has 0 aliphatic carbocycles. The van der Waals surface area contributed by atoms with Crippen molar-refractivity contribution in [2.24, 2.45) is 7.05 Å². The minimum Gasteiger partial charge on any atom is -0.347 e. The second-order valence-electron chi connectivity index (χ2n) is 6.70. The minimum atomic E-state index is 0.119. The van der Waals surface area contributed by atoms with Crippen LogP contribution >= 0.6 is 0 Å². The highest BCUT2D eigenvalue weighted by atomic mass is 16.2. The van der Waals surface area contributed by atoms with Crippen LogP contribution in [-0.4, -0.2) is 56.2 Å². The third kappa shape index (κ3) is 3.41. The molecule has 0 saturated carbocycles. The van der Waals surface area contributed by atoms with Gasteiger partial charge in [0, 0.05) is 57.7 Å². The molecule has 6 nitrogen and oxygen atoms in total. The third-order valence-corrected chi connectivity index (χ3v) is 4.89. The minimum absolute atomic E-state index is 0.119. The van der Waals surface area contributed by atoms with Crippen molar-refractivity contribution in [1.29, 1.82) is 0 Å². The van der Waals surface area contributed by atoms with E-state index in [9.17, 15) is 4.79 Å². The zero-order valence-corrected chi connectivity index (χ0v) is 15.0. The number of carbonyl (C=O) groups excluding carboxylic acids is 1. The number of amides is 1. The molecule has 0 radical (unpaired) electrons. The van der Waals surface area contributed by atoms with E-state index in [0.717, 1.165) is 44.1 Å². The van der Waals surface area contributed by atoms with Crippen LogP contribution in [0.1, 0.15) is 16.1 Å². The van der Waals surface area contributed by atoms with Crippen molar-refractivity contribution in [3.63, 3.8) is 0 Å². The first-order valence-electron chi connectivity index (χ1n) is 8.92. The van der Waals surface area contributed by atoms with Crippen LogP contribution in [0.3, 0.4) is 0 Å². The molecule has 0 spiro atoms. The molecule has 1 fully saturated rings. The van der Waals surface area contributed by atoms with Gasteiger partial charge in [0.2, 0.25) is 0 Å². The number of rotatable bonds is 4. The molecule has 1 saturated heterocycles. The van der Waals surface area contributed by atoms with Crippen LogP contribution < -0.4 is 0 Å². The summed E-state index contributed by atoms with van der Waals surface area (Å²) < 4.78 is 3.79. The molecular weight excluding hydrogens is 326 g/mol. The summed E-state index contributed by atoms with van der Waals surface area (Å²) >= 11 is 0. The van der Waals surface area contributed by atoms with Crippen LogP contribution in [-0.2, 0) is 13.6 Å². The molecule has 6 heteroatoms. The molecular formula is C20H23N5O. The zero-order valence-electron chi connectivity index (χ0n) is 15.0. The van der Waals surface area contributed by atoms with Gasteiger partial charge in [-0.25, -0.2) is 4.68 Å². The molecule has 1 aromatic carbocycles. The van der Waals surface area contributed by atoms with Crippen LogP contribution in [0.25, 0.3) is 5.69 Å². The summed E-state index contributed by atoms with van der Waals surface area (Å²) in [5, 5.41) is 4.46. The molecule has 0 N–H and O–H groups in total. The smallest absolute Gasteiger partial charge is 0.270 e. The van der Waals surface area contributed by atoms with Crippen LogP contribution in [0, 0.1) is 0 Å². The second kappa shape index (κ2) is 7.17. The molecule has 134 valence electrons. The predicted molar refractivity (Wildman–Crippen MR) is 100 cm³/mol. The van der Waals surface area contributed by atoms with Gasteiger partial charge in [-0.1, -0.05) is 18.2 Å². The van der Waals surface area contributed by atoms with E-state index in [2.05, 4.69) is 16.2 Å². The lowest BCUT2D eigenvalue weighted by molar-refractivity contribution is 0.0619. The fourth-order valence-electron chi connectivity index (χ4n) is 3.38. The average molecular weight is 349 g/mol.